The van der Waals surface area contributed by atoms with Crippen LogP contribution in [0.25, 0.3) is 22.2 Å². The number of methoxy groups -OCH3 is 1. The predicted octanol–water partition coefficient (Wildman–Crippen LogP) is 4.34. The number of hydrogen-bond acceptors (Lipinski definition) is 4. The molecular weight excluding hydrogens is 452 g/mol. The number of fused-ring (bicyclic) bond motifs is 1. The van der Waals surface area contributed by atoms with Gasteiger partial charge in [0.1, 0.15) is 0 Å². The lowest BCUT2D eigenvalue weighted by molar-refractivity contribution is -0.132. The predicted molar refractivity (Wildman–Crippen MR) is 146 cm³/mol. The van der Waals surface area contributed by atoms with E-state index in [-0.39, 0.29) is 11.5 Å². The summed E-state index contributed by atoms with van der Waals surface area (Å²) >= 11 is 0. The second kappa shape index (κ2) is 11.0. The number of H-pyrrole nitrogens is 1. The van der Waals surface area contributed by atoms with Crippen LogP contribution in [0.4, 0.5) is 0 Å². The molecular formula is C29H40N4O3. The lowest BCUT2D eigenvalue weighted by atomic mass is 9.87. The summed E-state index contributed by atoms with van der Waals surface area (Å²) in [6, 6.07) is 8.76. The maximum Gasteiger partial charge on any atom is 0.253 e. The molecule has 0 aliphatic carbocycles. The molecule has 7 nitrogen and oxygen atoms in total. The molecule has 0 saturated carbocycles. The van der Waals surface area contributed by atoms with Crippen LogP contribution in [0, 0.1) is 6.92 Å². The number of hydrogen-bond donors (Lipinski definition) is 1. The van der Waals surface area contributed by atoms with Crippen molar-refractivity contribution in [3.8, 4) is 11.3 Å². The van der Waals surface area contributed by atoms with E-state index in [1.807, 2.05) is 43.1 Å². The van der Waals surface area contributed by atoms with Gasteiger partial charge in [0.05, 0.1) is 18.8 Å². The second-order valence-electron chi connectivity index (χ2n) is 10.7. The Labute approximate surface area is 214 Å². The molecule has 0 unspecified atom stereocenters. The fourth-order valence-corrected chi connectivity index (χ4v) is 5.42. The Kier molecular flexibility index (Phi) is 8.00. The Balaban J connectivity index is 1.66. The van der Waals surface area contributed by atoms with Gasteiger partial charge in [-0.25, -0.2) is 0 Å². The molecule has 3 heterocycles. The minimum absolute atomic E-state index is 0.0238. The zero-order valence-corrected chi connectivity index (χ0v) is 22.6. The summed E-state index contributed by atoms with van der Waals surface area (Å²) < 4.78 is 6.96. The van der Waals surface area contributed by atoms with Gasteiger partial charge in [-0.05, 0) is 75.0 Å². The van der Waals surface area contributed by atoms with Crippen molar-refractivity contribution in [2.45, 2.75) is 52.0 Å². The van der Waals surface area contributed by atoms with E-state index in [0.29, 0.717) is 31.5 Å². The van der Waals surface area contributed by atoms with Crippen LogP contribution in [0.15, 0.2) is 35.3 Å². The lowest BCUT2D eigenvalue weighted by Gasteiger charge is -2.33. The van der Waals surface area contributed by atoms with Crippen LogP contribution < -0.4 is 5.56 Å². The molecule has 36 heavy (non-hydrogen) atoms. The number of likely N-dealkylation sites (tertiary alicyclic amines) is 1. The third kappa shape index (κ3) is 5.42. The molecule has 194 valence electrons. The van der Waals surface area contributed by atoms with Crippen molar-refractivity contribution in [3.05, 3.63) is 57.5 Å². The quantitative estimate of drug-likeness (QED) is 0.508. The number of aryl methyl sites for hydroxylation is 1. The number of amides is 1. The molecule has 1 N–H and O–H groups in total. The molecule has 3 aromatic rings. The van der Waals surface area contributed by atoms with Gasteiger partial charge in [0.15, 0.2) is 0 Å². The first-order valence-electron chi connectivity index (χ1n) is 13.0. The van der Waals surface area contributed by atoms with Crippen LogP contribution in [0.1, 0.15) is 55.2 Å². The largest absolute Gasteiger partial charge is 0.383 e. The Bertz CT molecular complexity index is 1280. The zero-order valence-electron chi connectivity index (χ0n) is 22.6. The molecule has 0 spiro atoms. The van der Waals surface area contributed by atoms with Gasteiger partial charge in [-0.3, -0.25) is 9.59 Å². The normalized spacial score (nSPS) is 14.9. The van der Waals surface area contributed by atoms with Crippen LogP contribution in [0.3, 0.4) is 0 Å². The zero-order chi connectivity index (χ0) is 26.0. The molecule has 4 rings (SSSR count). The van der Waals surface area contributed by atoms with Gasteiger partial charge in [0.25, 0.3) is 5.56 Å². The van der Waals surface area contributed by atoms with Crippen molar-refractivity contribution in [2.75, 3.05) is 47.4 Å². The Morgan fingerprint density at radius 1 is 1.19 bits per heavy atom. The Morgan fingerprint density at radius 3 is 2.56 bits per heavy atom. The van der Waals surface area contributed by atoms with Crippen LogP contribution in [0.2, 0.25) is 0 Å². The number of carbonyl (C=O) groups is 1. The number of piperidine rings is 1. The molecule has 1 aliphatic heterocycles. The van der Waals surface area contributed by atoms with Crippen LogP contribution in [0.5, 0.6) is 0 Å². The first-order valence-corrected chi connectivity index (χ1v) is 13.0. The maximum atomic E-state index is 12.7. The SMILES string of the molecule is COCCn1cc(-c2[nH]c3ccc(C4CCN(C(=O)CN(C)C)CC4)cc3c2C(C)C)cc(C)c1=O. The van der Waals surface area contributed by atoms with Crippen LogP contribution in [-0.4, -0.2) is 72.7 Å². The molecule has 1 aliphatic rings. The Hall–Kier alpha value is -2.90. The number of pyridine rings is 1. The highest BCUT2D eigenvalue weighted by atomic mass is 16.5. The molecule has 0 bridgehead atoms. The number of rotatable bonds is 8. The van der Waals surface area contributed by atoms with Crippen molar-refractivity contribution in [1.82, 2.24) is 19.4 Å². The molecule has 1 aromatic carbocycles. The molecule has 0 radical (unpaired) electrons. The highest BCUT2D eigenvalue weighted by Crippen LogP contribution is 2.38. The van der Waals surface area contributed by atoms with Gasteiger partial charge in [0.2, 0.25) is 5.91 Å². The highest BCUT2D eigenvalue weighted by Gasteiger charge is 2.25. The van der Waals surface area contributed by atoms with E-state index >= 15 is 0 Å². The monoisotopic (exact) mass is 492 g/mol. The molecule has 7 heteroatoms. The number of benzene rings is 1. The fraction of sp³-hybridized carbons (Fsp3) is 0.517. The summed E-state index contributed by atoms with van der Waals surface area (Å²) in [5.41, 5.74) is 6.60. The highest BCUT2D eigenvalue weighted by molar-refractivity contribution is 5.92. The minimum Gasteiger partial charge on any atom is -0.383 e. The number of likely N-dealkylation sites (N-methyl/N-ethyl adjacent to an activating group) is 1. The van der Waals surface area contributed by atoms with Gasteiger partial charge in [-0.2, -0.15) is 0 Å². The van der Waals surface area contributed by atoms with Crippen molar-refractivity contribution in [3.63, 3.8) is 0 Å². The number of aromatic nitrogens is 2. The summed E-state index contributed by atoms with van der Waals surface area (Å²) in [6.07, 6.45) is 3.93. The Morgan fingerprint density at radius 2 is 1.92 bits per heavy atom. The van der Waals surface area contributed by atoms with Gasteiger partial charge in [0, 0.05) is 55.0 Å². The third-order valence-electron chi connectivity index (χ3n) is 7.30. The van der Waals surface area contributed by atoms with Crippen molar-refractivity contribution >= 4 is 16.8 Å². The number of nitrogens with one attached hydrogen (secondary N) is 1. The third-order valence-corrected chi connectivity index (χ3v) is 7.30. The van der Waals surface area contributed by atoms with E-state index in [1.54, 1.807) is 11.7 Å². The van der Waals surface area contributed by atoms with Crippen LogP contribution >= 0.6 is 0 Å². The summed E-state index contributed by atoms with van der Waals surface area (Å²) in [6.45, 7) is 9.44. The van der Waals surface area contributed by atoms with Gasteiger partial charge in [-0.15, -0.1) is 0 Å². The number of carbonyl (C=O) groups excluding carboxylic acids is 1. The van der Waals surface area contributed by atoms with E-state index < -0.39 is 0 Å². The lowest BCUT2D eigenvalue weighted by Crippen LogP contribution is -2.42. The number of nitrogens with zero attached hydrogens (tertiary/aromatic N) is 3. The summed E-state index contributed by atoms with van der Waals surface area (Å²) in [4.78, 5) is 32.7. The summed E-state index contributed by atoms with van der Waals surface area (Å²) in [5, 5.41) is 1.25. The van der Waals surface area contributed by atoms with E-state index in [1.165, 1.54) is 16.5 Å². The van der Waals surface area contributed by atoms with E-state index in [2.05, 4.69) is 37.0 Å². The molecule has 2 aromatic heterocycles. The minimum atomic E-state index is 0.0238. The smallest absolute Gasteiger partial charge is 0.253 e. The van der Waals surface area contributed by atoms with Gasteiger partial charge in [-0.1, -0.05) is 19.9 Å². The van der Waals surface area contributed by atoms with Gasteiger partial charge < -0.3 is 24.1 Å². The second-order valence-corrected chi connectivity index (χ2v) is 10.7. The number of aromatic amines is 1. The topological polar surface area (TPSA) is 70.6 Å². The van der Waals surface area contributed by atoms with E-state index in [9.17, 15) is 9.59 Å². The average Bonchev–Trinajstić information content (AvgIpc) is 3.23. The standard InChI is InChI=1S/C29H40N4O3/c1-19(2)27-24-16-22(21-9-11-32(12-10-21)26(34)18-31(4)5)7-8-25(24)30-28(27)23-15-20(3)29(35)33(17-23)13-14-36-6/h7-8,15-17,19,21,30H,9-14,18H2,1-6H3. The fourth-order valence-electron chi connectivity index (χ4n) is 5.42. The van der Waals surface area contributed by atoms with Crippen molar-refractivity contribution < 1.29 is 9.53 Å². The molecule has 0 atom stereocenters. The molecule has 1 fully saturated rings. The van der Waals surface area contributed by atoms with E-state index in [0.717, 1.165) is 48.3 Å². The van der Waals surface area contributed by atoms with E-state index in [4.69, 9.17) is 4.74 Å². The first-order chi connectivity index (χ1) is 17.2. The van der Waals surface area contributed by atoms with Crippen LogP contribution in [-0.2, 0) is 16.1 Å². The average molecular weight is 493 g/mol. The van der Waals surface area contributed by atoms with Crippen molar-refractivity contribution in [2.24, 2.45) is 0 Å². The summed E-state index contributed by atoms with van der Waals surface area (Å²) in [5.74, 6) is 0.983. The van der Waals surface area contributed by atoms with Gasteiger partial charge >= 0.3 is 0 Å². The number of ether oxygens (including phenoxy) is 1. The van der Waals surface area contributed by atoms with Crippen molar-refractivity contribution in [1.29, 1.82) is 0 Å². The molecule has 1 amide bonds. The maximum absolute atomic E-state index is 12.7. The first kappa shape index (κ1) is 26.2. The molecule has 1 saturated heterocycles. The summed E-state index contributed by atoms with van der Waals surface area (Å²) in [7, 11) is 5.53.